The van der Waals surface area contributed by atoms with Crippen molar-refractivity contribution in [3.05, 3.63) is 34.4 Å². The summed E-state index contributed by atoms with van der Waals surface area (Å²) < 4.78 is 5.01. The zero-order valence-corrected chi connectivity index (χ0v) is 10.4. The first-order chi connectivity index (χ1) is 8.69. The van der Waals surface area contributed by atoms with Crippen molar-refractivity contribution in [1.29, 1.82) is 0 Å². The molecular weight excluding hydrogens is 228 g/mol. The molecule has 2 aliphatic carbocycles. The molecular formula is C15H16O3. The molecule has 18 heavy (non-hydrogen) atoms. The Balaban J connectivity index is 1.90. The fourth-order valence-electron chi connectivity index (χ4n) is 2.47. The number of aromatic hydroxyl groups is 1. The molecule has 0 radical (unpaired) electrons. The summed E-state index contributed by atoms with van der Waals surface area (Å²) in [6.07, 6.45) is 4.76. The molecule has 0 unspecified atom stereocenters. The van der Waals surface area contributed by atoms with Crippen LogP contribution in [0.2, 0.25) is 0 Å². The standard InChI is InChI=1S/C15H16O3/c1-2-18-15(17)12-5-10-7-13(9-3-4-9)14(16)8-11(10)6-12/h5,7-9,16H,2-4,6H2,1H3. The Morgan fingerprint density at radius 3 is 2.89 bits per heavy atom. The Morgan fingerprint density at radius 1 is 1.44 bits per heavy atom. The summed E-state index contributed by atoms with van der Waals surface area (Å²) in [5.41, 5.74) is 3.77. The van der Waals surface area contributed by atoms with E-state index in [9.17, 15) is 9.90 Å². The fraction of sp³-hybridized carbons (Fsp3) is 0.400. The first-order valence-electron chi connectivity index (χ1n) is 6.42. The predicted octanol–water partition coefficient (Wildman–Crippen LogP) is 2.77. The second-order valence-corrected chi connectivity index (χ2v) is 4.95. The lowest BCUT2D eigenvalue weighted by Crippen LogP contribution is -2.07. The number of hydrogen-bond donors (Lipinski definition) is 1. The van der Waals surface area contributed by atoms with E-state index >= 15 is 0 Å². The summed E-state index contributed by atoms with van der Waals surface area (Å²) in [6.45, 7) is 2.20. The highest BCUT2D eigenvalue weighted by Gasteiger charge is 2.29. The molecule has 0 saturated heterocycles. The number of phenolic OH excluding ortho intramolecular Hbond substituents is 1. The average molecular weight is 244 g/mol. The van der Waals surface area contributed by atoms with Gasteiger partial charge in [-0.15, -0.1) is 0 Å². The van der Waals surface area contributed by atoms with Gasteiger partial charge in [-0.25, -0.2) is 4.79 Å². The molecule has 0 spiro atoms. The number of carbonyl (C=O) groups is 1. The van der Waals surface area contributed by atoms with E-state index < -0.39 is 0 Å². The molecule has 0 atom stereocenters. The van der Waals surface area contributed by atoms with Crippen LogP contribution in [0.1, 0.15) is 42.4 Å². The van der Waals surface area contributed by atoms with Crippen molar-refractivity contribution in [3.8, 4) is 5.75 Å². The summed E-state index contributed by atoms with van der Waals surface area (Å²) in [5.74, 6) is 0.631. The first-order valence-corrected chi connectivity index (χ1v) is 6.42. The lowest BCUT2D eigenvalue weighted by atomic mass is 10.0. The van der Waals surface area contributed by atoms with Gasteiger partial charge in [-0.2, -0.15) is 0 Å². The predicted molar refractivity (Wildman–Crippen MR) is 68.4 cm³/mol. The second-order valence-electron chi connectivity index (χ2n) is 4.95. The summed E-state index contributed by atoms with van der Waals surface area (Å²) in [5, 5.41) is 9.97. The fourth-order valence-corrected chi connectivity index (χ4v) is 2.47. The lowest BCUT2D eigenvalue weighted by molar-refractivity contribution is -0.138. The molecule has 1 saturated carbocycles. The zero-order chi connectivity index (χ0) is 12.7. The number of carbonyl (C=O) groups excluding carboxylic acids is 1. The van der Waals surface area contributed by atoms with Crippen molar-refractivity contribution < 1.29 is 14.6 Å². The van der Waals surface area contributed by atoms with Gasteiger partial charge in [0, 0.05) is 12.0 Å². The lowest BCUT2D eigenvalue weighted by Gasteiger charge is -2.06. The van der Waals surface area contributed by atoms with Gasteiger partial charge in [0.15, 0.2) is 0 Å². The van der Waals surface area contributed by atoms with Crippen LogP contribution in [0.4, 0.5) is 0 Å². The van der Waals surface area contributed by atoms with Gasteiger partial charge in [-0.3, -0.25) is 0 Å². The number of hydrogen-bond acceptors (Lipinski definition) is 3. The first kappa shape index (κ1) is 11.3. The number of benzene rings is 1. The summed E-state index contributed by atoms with van der Waals surface area (Å²) >= 11 is 0. The average Bonchev–Trinajstić information content (AvgIpc) is 3.09. The smallest absolute Gasteiger partial charge is 0.334 e. The Hall–Kier alpha value is -1.77. The highest BCUT2D eigenvalue weighted by Crippen LogP contribution is 2.46. The topological polar surface area (TPSA) is 46.5 Å². The van der Waals surface area contributed by atoms with Gasteiger partial charge in [-0.05, 0) is 60.6 Å². The number of fused-ring (bicyclic) bond motifs is 1. The van der Waals surface area contributed by atoms with Crippen LogP contribution in [-0.2, 0) is 16.0 Å². The summed E-state index contributed by atoms with van der Waals surface area (Å²) in [6, 6.07) is 3.82. The van der Waals surface area contributed by atoms with Crippen LogP contribution in [0.25, 0.3) is 6.08 Å². The van der Waals surface area contributed by atoms with Crippen LogP contribution in [-0.4, -0.2) is 17.7 Å². The van der Waals surface area contributed by atoms with E-state index in [1.807, 2.05) is 12.1 Å². The molecule has 1 aromatic carbocycles. The van der Waals surface area contributed by atoms with Crippen molar-refractivity contribution in [1.82, 2.24) is 0 Å². The van der Waals surface area contributed by atoms with E-state index in [1.165, 1.54) is 0 Å². The molecule has 0 amide bonds. The highest BCUT2D eigenvalue weighted by molar-refractivity contribution is 5.96. The normalized spacial score (nSPS) is 17.3. The highest BCUT2D eigenvalue weighted by atomic mass is 16.5. The van der Waals surface area contributed by atoms with Crippen LogP contribution in [0, 0.1) is 0 Å². The molecule has 1 N–H and O–H groups in total. The van der Waals surface area contributed by atoms with Crippen LogP contribution in [0.15, 0.2) is 17.7 Å². The van der Waals surface area contributed by atoms with E-state index in [0.29, 0.717) is 30.3 Å². The Bertz CT molecular complexity index is 539. The molecule has 2 aliphatic rings. The largest absolute Gasteiger partial charge is 0.508 e. The zero-order valence-electron chi connectivity index (χ0n) is 10.4. The van der Waals surface area contributed by atoms with Gasteiger partial charge < -0.3 is 9.84 Å². The van der Waals surface area contributed by atoms with Crippen molar-refractivity contribution in [2.75, 3.05) is 6.61 Å². The van der Waals surface area contributed by atoms with E-state index in [1.54, 1.807) is 13.0 Å². The monoisotopic (exact) mass is 244 g/mol. The number of rotatable bonds is 3. The van der Waals surface area contributed by atoms with E-state index in [4.69, 9.17) is 4.74 Å². The van der Waals surface area contributed by atoms with E-state index in [2.05, 4.69) is 0 Å². The Kier molecular flexibility index (Phi) is 2.62. The molecule has 94 valence electrons. The van der Waals surface area contributed by atoms with Gasteiger partial charge >= 0.3 is 5.97 Å². The maximum atomic E-state index is 11.7. The van der Waals surface area contributed by atoms with Crippen molar-refractivity contribution >= 4 is 12.0 Å². The molecule has 0 aromatic heterocycles. The second kappa shape index (κ2) is 4.16. The van der Waals surface area contributed by atoms with Crippen molar-refractivity contribution in [2.24, 2.45) is 0 Å². The van der Waals surface area contributed by atoms with Gasteiger partial charge in [0.2, 0.25) is 0 Å². The summed E-state index contributed by atoms with van der Waals surface area (Å²) in [7, 11) is 0. The van der Waals surface area contributed by atoms with Gasteiger partial charge in [0.05, 0.1) is 6.61 Å². The number of esters is 1. The third-order valence-corrected chi connectivity index (χ3v) is 3.55. The molecule has 0 heterocycles. The minimum atomic E-state index is -0.249. The van der Waals surface area contributed by atoms with Crippen LogP contribution >= 0.6 is 0 Å². The maximum Gasteiger partial charge on any atom is 0.334 e. The van der Waals surface area contributed by atoms with Gasteiger partial charge in [0.1, 0.15) is 5.75 Å². The molecule has 1 fully saturated rings. The quantitative estimate of drug-likeness (QED) is 0.832. The molecule has 3 rings (SSSR count). The van der Waals surface area contributed by atoms with Gasteiger partial charge in [0.25, 0.3) is 0 Å². The number of phenols is 1. The van der Waals surface area contributed by atoms with E-state index in [-0.39, 0.29) is 5.97 Å². The summed E-state index contributed by atoms with van der Waals surface area (Å²) in [4.78, 5) is 11.7. The molecule has 0 bridgehead atoms. The molecule has 3 heteroatoms. The molecule has 0 aliphatic heterocycles. The van der Waals surface area contributed by atoms with Gasteiger partial charge in [-0.1, -0.05) is 0 Å². The Labute approximate surface area is 106 Å². The maximum absolute atomic E-state index is 11.7. The van der Waals surface area contributed by atoms with Crippen molar-refractivity contribution in [2.45, 2.75) is 32.1 Å². The third kappa shape index (κ3) is 1.90. The van der Waals surface area contributed by atoms with Crippen molar-refractivity contribution in [3.63, 3.8) is 0 Å². The van der Waals surface area contributed by atoms with Crippen LogP contribution < -0.4 is 0 Å². The minimum Gasteiger partial charge on any atom is -0.508 e. The molecule has 3 nitrogen and oxygen atoms in total. The van der Waals surface area contributed by atoms with Crippen LogP contribution in [0.5, 0.6) is 5.75 Å². The van der Waals surface area contributed by atoms with E-state index in [0.717, 1.165) is 29.5 Å². The van der Waals surface area contributed by atoms with Crippen LogP contribution in [0.3, 0.4) is 0 Å². The molecule has 1 aromatic rings. The third-order valence-electron chi connectivity index (χ3n) is 3.55. The SMILES string of the molecule is CCOC(=O)C1=Cc2cc(C3CC3)c(O)cc2C1. The minimum absolute atomic E-state index is 0.249. The Morgan fingerprint density at radius 2 is 2.22 bits per heavy atom. The number of ether oxygens (including phenoxy) is 1.